The van der Waals surface area contributed by atoms with Gasteiger partial charge in [0.25, 0.3) is 0 Å². The van der Waals surface area contributed by atoms with E-state index in [2.05, 4.69) is 35.5 Å². The third-order valence-electron chi connectivity index (χ3n) is 5.44. The first-order chi connectivity index (χ1) is 16.9. The molecule has 0 unspecified atom stereocenters. The van der Waals surface area contributed by atoms with Crippen molar-refractivity contribution < 1.29 is 13.2 Å². The maximum atomic E-state index is 12.4. The van der Waals surface area contributed by atoms with Crippen LogP contribution in [0.3, 0.4) is 0 Å². The molecule has 1 aromatic heterocycles. The number of hydrogen-bond acceptors (Lipinski definition) is 9. The molecule has 3 aromatic rings. The second-order valence-electron chi connectivity index (χ2n) is 7.69. The number of nitrogens with zero attached hydrogens (tertiary/aromatic N) is 3. The first-order valence-electron chi connectivity index (χ1n) is 11.2. The van der Waals surface area contributed by atoms with Crippen molar-refractivity contribution in [3.05, 3.63) is 53.7 Å². The van der Waals surface area contributed by atoms with E-state index in [9.17, 15) is 8.42 Å². The van der Waals surface area contributed by atoms with Crippen molar-refractivity contribution in [1.29, 1.82) is 0 Å². The van der Waals surface area contributed by atoms with Crippen molar-refractivity contribution >= 4 is 50.5 Å². The molecule has 4 rings (SSSR count). The van der Waals surface area contributed by atoms with Crippen LogP contribution in [0.5, 0.6) is 5.75 Å². The summed E-state index contributed by atoms with van der Waals surface area (Å²) in [5.41, 5.74) is 2.13. The molecule has 4 N–H and O–H groups in total. The number of nitrogens with one attached hydrogen (secondary N) is 4. The minimum Gasteiger partial charge on any atom is -0.492 e. The van der Waals surface area contributed by atoms with Gasteiger partial charge in [-0.1, -0.05) is 23.7 Å². The van der Waals surface area contributed by atoms with Gasteiger partial charge in [0.1, 0.15) is 15.7 Å². The molecule has 1 fully saturated rings. The van der Waals surface area contributed by atoms with E-state index in [1.165, 1.54) is 19.3 Å². The zero-order valence-electron chi connectivity index (χ0n) is 19.5. The highest BCUT2D eigenvalue weighted by Crippen LogP contribution is 2.33. The van der Waals surface area contributed by atoms with Crippen LogP contribution < -0.4 is 30.3 Å². The normalized spacial score (nSPS) is 14.0. The molecular formula is C23H28ClN7O3S. The lowest BCUT2D eigenvalue weighted by atomic mass is 10.2. The summed E-state index contributed by atoms with van der Waals surface area (Å²) in [7, 11) is -2.33. The summed E-state index contributed by atoms with van der Waals surface area (Å²) in [6.45, 7) is 6.18. The minimum atomic E-state index is -3.68. The Morgan fingerprint density at radius 3 is 2.63 bits per heavy atom. The number of piperazine rings is 1. The second kappa shape index (κ2) is 11.1. The van der Waals surface area contributed by atoms with Gasteiger partial charge in [-0.3, -0.25) is 0 Å². The highest BCUT2D eigenvalue weighted by atomic mass is 35.5. The average Bonchev–Trinajstić information content (AvgIpc) is 2.88. The Kier molecular flexibility index (Phi) is 7.91. The molecule has 0 radical (unpaired) electrons. The van der Waals surface area contributed by atoms with E-state index < -0.39 is 10.0 Å². The smallest absolute Gasteiger partial charge is 0.242 e. The largest absolute Gasteiger partial charge is 0.492 e. The molecule has 0 bridgehead atoms. The Bertz CT molecular complexity index is 1280. The Morgan fingerprint density at radius 2 is 1.89 bits per heavy atom. The van der Waals surface area contributed by atoms with Gasteiger partial charge in [0.15, 0.2) is 5.82 Å². The highest BCUT2D eigenvalue weighted by molar-refractivity contribution is 7.89. The molecule has 0 amide bonds. The third kappa shape index (κ3) is 5.93. The van der Waals surface area contributed by atoms with Gasteiger partial charge >= 0.3 is 0 Å². The molecule has 35 heavy (non-hydrogen) atoms. The first-order valence-corrected chi connectivity index (χ1v) is 13.1. The molecule has 1 aliphatic rings. The molecule has 1 saturated heterocycles. The molecule has 12 heteroatoms. The molecule has 2 heterocycles. The Hall–Kier alpha value is -3.12. The first kappa shape index (κ1) is 25.0. The van der Waals surface area contributed by atoms with Crippen LogP contribution in [0.1, 0.15) is 6.92 Å². The lowest BCUT2D eigenvalue weighted by Gasteiger charge is -2.30. The number of ether oxygens (including phenoxy) is 1. The van der Waals surface area contributed by atoms with Crippen molar-refractivity contribution in [3.63, 3.8) is 0 Å². The number of aromatic nitrogens is 2. The summed E-state index contributed by atoms with van der Waals surface area (Å²) in [5, 5.41) is 9.80. The predicted octanol–water partition coefficient (Wildman–Crippen LogP) is 3.33. The second-order valence-corrected chi connectivity index (χ2v) is 9.96. The summed E-state index contributed by atoms with van der Waals surface area (Å²) >= 11 is 6.32. The Labute approximate surface area is 210 Å². The quantitative estimate of drug-likeness (QED) is 0.338. The number of halogens is 1. The number of rotatable bonds is 9. The van der Waals surface area contributed by atoms with E-state index in [1.54, 1.807) is 18.2 Å². The van der Waals surface area contributed by atoms with Gasteiger partial charge in [0.05, 0.1) is 24.2 Å². The van der Waals surface area contributed by atoms with Crippen LogP contribution in [0.15, 0.2) is 53.6 Å². The van der Waals surface area contributed by atoms with Crippen LogP contribution in [-0.4, -0.2) is 58.2 Å². The van der Waals surface area contributed by atoms with Gasteiger partial charge in [0.2, 0.25) is 16.0 Å². The van der Waals surface area contributed by atoms with Crippen LogP contribution in [-0.2, 0) is 10.0 Å². The molecule has 0 saturated carbocycles. The SMILES string of the molecule is CCOc1cc(N2CCNCC2)ccc1Nc1ncc(Cl)c(Nc2ccccc2S(=O)(=O)NC)n1. The lowest BCUT2D eigenvalue weighted by Crippen LogP contribution is -2.43. The topological polar surface area (TPSA) is 121 Å². The predicted molar refractivity (Wildman–Crippen MR) is 139 cm³/mol. The monoisotopic (exact) mass is 517 g/mol. The standard InChI is InChI=1S/C23H28ClN7O3S/c1-3-34-20-14-16(31-12-10-26-11-13-31)8-9-18(20)29-23-27-15-17(24)22(30-23)28-19-6-4-5-7-21(19)35(32,33)25-2/h4-9,14-15,25-26H,3,10-13H2,1-2H3,(H2,27,28,29,30). The molecule has 10 nitrogen and oxygen atoms in total. The fraction of sp³-hybridized carbons (Fsp3) is 0.304. The van der Waals surface area contributed by atoms with Gasteiger partial charge in [-0.2, -0.15) is 4.98 Å². The molecule has 0 spiro atoms. The van der Waals surface area contributed by atoms with E-state index >= 15 is 0 Å². The highest BCUT2D eigenvalue weighted by Gasteiger charge is 2.18. The van der Waals surface area contributed by atoms with Gasteiger partial charge in [-0.25, -0.2) is 18.1 Å². The third-order valence-corrected chi connectivity index (χ3v) is 7.19. The van der Waals surface area contributed by atoms with E-state index in [1.807, 2.05) is 25.1 Å². The fourth-order valence-electron chi connectivity index (χ4n) is 3.69. The maximum absolute atomic E-state index is 12.4. The zero-order valence-corrected chi connectivity index (χ0v) is 21.1. The minimum absolute atomic E-state index is 0.0776. The summed E-state index contributed by atoms with van der Waals surface area (Å²) in [5.74, 6) is 1.22. The summed E-state index contributed by atoms with van der Waals surface area (Å²) < 4.78 is 33.0. The van der Waals surface area contributed by atoms with Crippen molar-refractivity contribution in [2.24, 2.45) is 0 Å². The van der Waals surface area contributed by atoms with Crippen molar-refractivity contribution in [2.75, 3.05) is 55.4 Å². The van der Waals surface area contributed by atoms with Gasteiger partial charge in [-0.05, 0) is 38.2 Å². The molecule has 186 valence electrons. The Balaban J connectivity index is 1.60. The molecule has 0 atom stereocenters. The number of hydrogen-bond donors (Lipinski definition) is 4. The molecule has 1 aliphatic heterocycles. The Morgan fingerprint density at radius 1 is 1.11 bits per heavy atom. The average molecular weight is 518 g/mol. The summed E-state index contributed by atoms with van der Waals surface area (Å²) in [4.78, 5) is 11.1. The van der Waals surface area contributed by atoms with Crippen LogP contribution in [0.25, 0.3) is 0 Å². The van der Waals surface area contributed by atoms with Crippen molar-refractivity contribution in [2.45, 2.75) is 11.8 Å². The van der Waals surface area contributed by atoms with E-state index in [4.69, 9.17) is 16.3 Å². The maximum Gasteiger partial charge on any atom is 0.242 e. The fourth-order valence-corrected chi connectivity index (χ4v) is 4.71. The van der Waals surface area contributed by atoms with Crippen LogP contribution >= 0.6 is 11.6 Å². The van der Waals surface area contributed by atoms with Crippen molar-refractivity contribution in [1.82, 2.24) is 20.0 Å². The van der Waals surface area contributed by atoms with Gasteiger partial charge in [-0.15, -0.1) is 0 Å². The van der Waals surface area contributed by atoms with Crippen molar-refractivity contribution in [3.8, 4) is 5.75 Å². The number of sulfonamides is 1. The van der Waals surface area contributed by atoms with E-state index in [-0.39, 0.29) is 21.7 Å². The number of anilines is 5. The van der Waals surface area contributed by atoms with Crippen LogP contribution in [0, 0.1) is 0 Å². The van der Waals surface area contributed by atoms with Gasteiger partial charge in [0, 0.05) is 37.9 Å². The molecule has 2 aromatic carbocycles. The lowest BCUT2D eigenvalue weighted by molar-refractivity contribution is 0.342. The molecule has 0 aliphatic carbocycles. The van der Waals surface area contributed by atoms with Gasteiger partial charge < -0.3 is 25.6 Å². The van der Waals surface area contributed by atoms with Crippen LogP contribution in [0.4, 0.5) is 28.8 Å². The summed E-state index contributed by atoms with van der Waals surface area (Å²) in [6, 6.07) is 12.5. The zero-order chi connectivity index (χ0) is 24.8. The van der Waals surface area contributed by atoms with E-state index in [0.717, 1.165) is 31.9 Å². The number of benzene rings is 2. The van der Waals surface area contributed by atoms with Crippen LogP contribution in [0.2, 0.25) is 5.02 Å². The van der Waals surface area contributed by atoms with E-state index in [0.29, 0.717) is 23.7 Å². The molecular weight excluding hydrogens is 490 g/mol. The number of para-hydroxylation sites is 1. The summed E-state index contributed by atoms with van der Waals surface area (Å²) in [6.07, 6.45) is 1.45.